The van der Waals surface area contributed by atoms with Gasteiger partial charge in [0.2, 0.25) is 11.8 Å². The van der Waals surface area contributed by atoms with Crippen molar-refractivity contribution < 1.29 is 19.4 Å². The molecule has 1 saturated heterocycles. The number of nitrogens with one attached hydrogen (secondary N) is 1. The minimum atomic E-state index is -0.0415. The van der Waals surface area contributed by atoms with Crippen molar-refractivity contribution >= 4 is 23.6 Å². The van der Waals surface area contributed by atoms with Crippen molar-refractivity contribution in [2.45, 2.75) is 25.3 Å². The van der Waals surface area contributed by atoms with E-state index in [4.69, 9.17) is 4.74 Å². The Balaban J connectivity index is 1.61. The third-order valence-corrected chi connectivity index (χ3v) is 4.98. The van der Waals surface area contributed by atoms with E-state index in [1.54, 1.807) is 4.90 Å². The predicted octanol–water partition coefficient (Wildman–Crippen LogP) is -0.144. The average molecular weight is 316 g/mol. The molecule has 2 atom stereocenters. The summed E-state index contributed by atoms with van der Waals surface area (Å²) < 4.78 is 5.20. The summed E-state index contributed by atoms with van der Waals surface area (Å²) in [6.07, 6.45) is 2.97. The lowest BCUT2D eigenvalue weighted by Gasteiger charge is -2.26. The van der Waals surface area contributed by atoms with Crippen molar-refractivity contribution in [2.24, 2.45) is 5.92 Å². The van der Waals surface area contributed by atoms with Gasteiger partial charge < -0.3 is 20.1 Å². The maximum absolute atomic E-state index is 11.9. The van der Waals surface area contributed by atoms with Crippen molar-refractivity contribution in [2.75, 3.05) is 44.4 Å². The van der Waals surface area contributed by atoms with E-state index in [1.165, 1.54) is 11.8 Å². The van der Waals surface area contributed by atoms with E-state index in [0.29, 0.717) is 37.8 Å². The summed E-state index contributed by atoms with van der Waals surface area (Å²) in [5, 5.41) is 12.2. The fraction of sp³-hybridized carbons (Fsp3) is 0.857. The van der Waals surface area contributed by atoms with Gasteiger partial charge in [-0.2, -0.15) is 0 Å². The third kappa shape index (κ3) is 5.16. The monoisotopic (exact) mass is 316 g/mol. The lowest BCUT2D eigenvalue weighted by molar-refractivity contribution is -0.132. The molecule has 7 heteroatoms. The van der Waals surface area contributed by atoms with Crippen molar-refractivity contribution in [3.8, 4) is 0 Å². The molecule has 0 spiro atoms. The van der Waals surface area contributed by atoms with Crippen LogP contribution in [0.4, 0.5) is 0 Å². The number of carbonyl (C=O) groups excluding carboxylic acids is 2. The second-order valence-electron chi connectivity index (χ2n) is 5.53. The molecule has 6 nitrogen and oxygen atoms in total. The standard InChI is InChI=1S/C14H24N2O4S/c17-8-11-2-1-3-12(11)15-13(18)9-21-10-14(19)16-4-6-20-7-5-16/h11-12,17H,1-10H2,(H,15,18). The number of aliphatic hydroxyl groups is 1. The predicted molar refractivity (Wildman–Crippen MR) is 81.1 cm³/mol. The Morgan fingerprint density at radius 1 is 1.24 bits per heavy atom. The number of amides is 2. The molecule has 2 unspecified atom stereocenters. The van der Waals surface area contributed by atoms with E-state index in [1.807, 2.05) is 0 Å². The SMILES string of the molecule is O=C(CSCC(=O)N1CCOCC1)NC1CCCC1CO. The second-order valence-corrected chi connectivity index (χ2v) is 6.52. The smallest absolute Gasteiger partial charge is 0.232 e. The molecule has 120 valence electrons. The number of rotatable bonds is 6. The number of carbonyl (C=O) groups is 2. The van der Waals surface area contributed by atoms with E-state index in [-0.39, 0.29) is 30.4 Å². The van der Waals surface area contributed by atoms with Crippen LogP contribution in [0.2, 0.25) is 0 Å². The topological polar surface area (TPSA) is 78.9 Å². The van der Waals surface area contributed by atoms with E-state index in [2.05, 4.69) is 5.32 Å². The van der Waals surface area contributed by atoms with Crippen molar-refractivity contribution in [3.63, 3.8) is 0 Å². The number of nitrogens with zero attached hydrogens (tertiary/aromatic N) is 1. The van der Waals surface area contributed by atoms with Gasteiger partial charge in [-0.05, 0) is 12.8 Å². The van der Waals surface area contributed by atoms with Gasteiger partial charge in [0.1, 0.15) is 0 Å². The molecule has 1 saturated carbocycles. The van der Waals surface area contributed by atoms with Gasteiger partial charge in [0.15, 0.2) is 0 Å². The van der Waals surface area contributed by atoms with E-state index >= 15 is 0 Å². The van der Waals surface area contributed by atoms with Crippen LogP contribution in [0.25, 0.3) is 0 Å². The molecule has 0 aromatic carbocycles. The van der Waals surface area contributed by atoms with Crippen LogP contribution in [0.3, 0.4) is 0 Å². The summed E-state index contributed by atoms with van der Waals surface area (Å²) in [7, 11) is 0. The first-order valence-electron chi connectivity index (χ1n) is 7.54. The highest BCUT2D eigenvalue weighted by Crippen LogP contribution is 2.25. The van der Waals surface area contributed by atoms with Crippen LogP contribution in [-0.2, 0) is 14.3 Å². The lowest BCUT2D eigenvalue weighted by atomic mass is 10.1. The summed E-state index contributed by atoms with van der Waals surface area (Å²) in [4.78, 5) is 25.6. The number of morpholine rings is 1. The van der Waals surface area contributed by atoms with Gasteiger partial charge in [-0.3, -0.25) is 9.59 Å². The summed E-state index contributed by atoms with van der Waals surface area (Å²) in [6, 6.07) is 0.0954. The van der Waals surface area contributed by atoms with Crippen LogP contribution in [0.5, 0.6) is 0 Å². The first-order valence-corrected chi connectivity index (χ1v) is 8.69. The highest BCUT2D eigenvalue weighted by atomic mass is 32.2. The Hall–Kier alpha value is -0.790. The number of ether oxygens (including phenoxy) is 1. The number of aliphatic hydroxyl groups excluding tert-OH is 1. The highest BCUT2D eigenvalue weighted by molar-refractivity contribution is 8.00. The number of hydrogen-bond acceptors (Lipinski definition) is 5. The first-order chi connectivity index (χ1) is 10.2. The minimum absolute atomic E-state index is 0.0415. The molecule has 0 aromatic heterocycles. The third-order valence-electron chi connectivity index (χ3n) is 4.06. The molecule has 2 aliphatic rings. The average Bonchev–Trinajstić information content (AvgIpc) is 2.95. The zero-order valence-corrected chi connectivity index (χ0v) is 13.1. The zero-order chi connectivity index (χ0) is 15.1. The largest absolute Gasteiger partial charge is 0.396 e. The van der Waals surface area contributed by atoms with Crippen molar-refractivity contribution in [3.05, 3.63) is 0 Å². The zero-order valence-electron chi connectivity index (χ0n) is 12.3. The van der Waals surface area contributed by atoms with Crippen LogP contribution in [0.1, 0.15) is 19.3 Å². The van der Waals surface area contributed by atoms with Gasteiger partial charge in [-0.15, -0.1) is 11.8 Å². The molecule has 2 rings (SSSR count). The normalized spacial score (nSPS) is 25.9. The molecule has 2 N–H and O–H groups in total. The summed E-state index contributed by atoms with van der Waals surface area (Å²) in [5.41, 5.74) is 0. The quantitative estimate of drug-likeness (QED) is 0.713. The van der Waals surface area contributed by atoms with Crippen molar-refractivity contribution in [1.82, 2.24) is 10.2 Å². The molecule has 1 aliphatic carbocycles. The molecule has 0 bridgehead atoms. The van der Waals surface area contributed by atoms with Crippen LogP contribution >= 0.6 is 11.8 Å². The van der Waals surface area contributed by atoms with Gasteiger partial charge in [-0.25, -0.2) is 0 Å². The molecule has 0 aromatic rings. The fourth-order valence-electron chi connectivity index (χ4n) is 2.83. The maximum Gasteiger partial charge on any atom is 0.232 e. The summed E-state index contributed by atoms with van der Waals surface area (Å²) in [6.45, 7) is 2.62. The molecule has 1 heterocycles. The van der Waals surface area contributed by atoms with Gasteiger partial charge in [0, 0.05) is 31.7 Å². The summed E-state index contributed by atoms with van der Waals surface area (Å²) in [5.74, 6) is 0.853. The van der Waals surface area contributed by atoms with Gasteiger partial charge in [0.05, 0.1) is 24.7 Å². The van der Waals surface area contributed by atoms with Gasteiger partial charge >= 0.3 is 0 Å². The Kier molecular flexibility index (Phi) is 6.79. The molecular weight excluding hydrogens is 292 g/mol. The molecule has 2 fully saturated rings. The second kappa shape index (κ2) is 8.60. The Morgan fingerprint density at radius 2 is 2.00 bits per heavy atom. The maximum atomic E-state index is 11.9. The van der Waals surface area contributed by atoms with Gasteiger partial charge in [0.25, 0.3) is 0 Å². The highest BCUT2D eigenvalue weighted by Gasteiger charge is 2.27. The van der Waals surface area contributed by atoms with Gasteiger partial charge in [-0.1, -0.05) is 6.42 Å². The molecule has 0 radical (unpaired) electrons. The Labute approximate surface area is 129 Å². The van der Waals surface area contributed by atoms with Crippen molar-refractivity contribution in [1.29, 1.82) is 0 Å². The first kappa shape index (κ1) is 16.6. The van der Waals surface area contributed by atoms with E-state index in [0.717, 1.165) is 19.3 Å². The van der Waals surface area contributed by atoms with Crippen LogP contribution in [0.15, 0.2) is 0 Å². The minimum Gasteiger partial charge on any atom is -0.396 e. The van der Waals surface area contributed by atoms with E-state index < -0.39 is 0 Å². The van der Waals surface area contributed by atoms with E-state index in [9.17, 15) is 14.7 Å². The Bertz CT molecular complexity index is 361. The molecular formula is C14H24N2O4S. The number of thioether (sulfide) groups is 1. The Morgan fingerprint density at radius 3 is 2.71 bits per heavy atom. The number of hydrogen-bond donors (Lipinski definition) is 2. The molecule has 21 heavy (non-hydrogen) atoms. The molecule has 1 aliphatic heterocycles. The lowest BCUT2D eigenvalue weighted by Crippen LogP contribution is -2.42. The van der Waals surface area contributed by atoms with Crippen LogP contribution < -0.4 is 5.32 Å². The van der Waals surface area contributed by atoms with Crippen LogP contribution in [0, 0.1) is 5.92 Å². The summed E-state index contributed by atoms with van der Waals surface area (Å²) >= 11 is 1.35. The molecule has 2 amide bonds. The fourth-order valence-corrected chi connectivity index (χ4v) is 3.56. The van der Waals surface area contributed by atoms with Crippen LogP contribution in [-0.4, -0.2) is 72.3 Å².